The van der Waals surface area contributed by atoms with Gasteiger partial charge in [0.15, 0.2) is 11.5 Å². The fourth-order valence-corrected chi connectivity index (χ4v) is 4.19. The molecule has 3 aromatic carbocycles. The van der Waals surface area contributed by atoms with Gasteiger partial charge in [-0.3, -0.25) is 9.59 Å². The molecular formula is C25H22F2N2O4. The molecule has 1 aliphatic rings. The van der Waals surface area contributed by atoms with Gasteiger partial charge in [0.2, 0.25) is 5.91 Å². The third-order valence-electron chi connectivity index (χ3n) is 5.79. The number of ether oxygens (including phenoxy) is 2. The lowest BCUT2D eigenvalue weighted by Gasteiger charge is -2.40. The summed E-state index contributed by atoms with van der Waals surface area (Å²) in [4.78, 5) is 28.2. The quantitative estimate of drug-likeness (QED) is 0.618. The molecule has 2 atom stereocenters. The number of halogens is 2. The molecule has 0 saturated heterocycles. The summed E-state index contributed by atoms with van der Waals surface area (Å²) < 4.78 is 38.9. The van der Waals surface area contributed by atoms with Crippen molar-refractivity contribution in [1.29, 1.82) is 0 Å². The topological polar surface area (TPSA) is 67.9 Å². The van der Waals surface area contributed by atoms with Crippen LogP contribution in [-0.4, -0.2) is 38.0 Å². The van der Waals surface area contributed by atoms with Gasteiger partial charge in [0.05, 0.1) is 26.2 Å². The highest BCUT2D eigenvalue weighted by molar-refractivity contribution is 6.04. The molecule has 1 aliphatic heterocycles. The number of hydrogen-bond donors (Lipinski definition) is 1. The average Bonchev–Trinajstić information content (AvgIpc) is 2.82. The average molecular weight is 452 g/mol. The number of hydrogen-bond acceptors (Lipinski definition) is 4. The Labute approximate surface area is 189 Å². The number of carbonyl (C=O) groups is 2. The second-order valence-corrected chi connectivity index (χ2v) is 7.65. The van der Waals surface area contributed by atoms with E-state index in [9.17, 15) is 18.4 Å². The van der Waals surface area contributed by atoms with Crippen LogP contribution in [0.2, 0.25) is 0 Å². The van der Waals surface area contributed by atoms with Crippen molar-refractivity contribution in [2.45, 2.75) is 12.0 Å². The predicted octanol–water partition coefficient (Wildman–Crippen LogP) is 4.53. The minimum Gasteiger partial charge on any atom is -0.493 e. The third kappa shape index (κ3) is 4.00. The second kappa shape index (κ2) is 8.90. The van der Waals surface area contributed by atoms with Gasteiger partial charge in [0.25, 0.3) is 5.91 Å². The molecule has 4 rings (SSSR count). The van der Waals surface area contributed by atoms with Crippen LogP contribution < -0.4 is 14.8 Å². The van der Waals surface area contributed by atoms with Crippen LogP contribution in [0.3, 0.4) is 0 Å². The van der Waals surface area contributed by atoms with Crippen molar-refractivity contribution in [2.24, 2.45) is 0 Å². The Morgan fingerprint density at radius 1 is 0.939 bits per heavy atom. The van der Waals surface area contributed by atoms with Crippen LogP contribution in [0.5, 0.6) is 11.5 Å². The van der Waals surface area contributed by atoms with E-state index in [1.807, 2.05) is 0 Å². The molecule has 1 N–H and O–H groups in total. The number of rotatable bonds is 5. The van der Waals surface area contributed by atoms with Gasteiger partial charge in [-0.2, -0.15) is 0 Å². The first-order valence-corrected chi connectivity index (χ1v) is 10.2. The van der Waals surface area contributed by atoms with Crippen LogP contribution >= 0.6 is 0 Å². The zero-order valence-electron chi connectivity index (χ0n) is 18.3. The molecule has 0 aromatic heterocycles. The summed E-state index contributed by atoms with van der Waals surface area (Å²) in [5.41, 5.74) is 1.20. The standard InChI is InChI=1S/C25H22F2N2O4/c1-29-23(16-6-4-5-7-19(16)27)22(24(30)28-15-10-8-14(26)9-11-15)17-12-20(32-2)21(33-3)13-18(17)25(29)31/h4-13,22-23H,1-3H3,(H,28,30)/t22-,23+/m0/s1. The van der Waals surface area contributed by atoms with Gasteiger partial charge in [0.1, 0.15) is 11.6 Å². The van der Waals surface area contributed by atoms with E-state index in [2.05, 4.69) is 5.32 Å². The summed E-state index contributed by atoms with van der Waals surface area (Å²) in [6, 6.07) is 13.5. The van der Waals surface area contributed by atoms with Gasteiger partial charge in [0, 0.05) is 23.9 Å². The summed E-state index contributed by atoms with van der Waals surface area (Å²) in [7, 11) is 4.42. The predicted molar refractivity (Wildman–Crippen MR) is 119 cm³/mol. The maximum Gasteiger partial charge on any atom is 0.254 e. The SMILES string of the molecule is COc1cc2c(cc1OC)[C@H](C(=O)Nc1ccc(F)cc1)[C@@H](c1ccccc1F)N(C)C2=O. The number of fused-ring (bicyclic) bond motifs is 1. The molecule has 0 bridgehead atoms. The number of carbonyl (C=O) groups excluding carboxylic acids is 2. The van der Waals surface area contributed by atoms with Crippen molar-refractivity contribution in [3.63, 3.8) is 0 Å². The normalized spacial score (nSPS) is 17.4. The van der Waals surface area contributed by atoms with Gasteiger partial charge in [-0.05, 0) is 48.0 Å². The zero-order chi connectivity index (χ0) is 23.7. The van der Waals surface area contributed by atoms with E-state index in [4.69, 9.17) is 9.47 Å². The zero-order valence-corrected chi connectivity index (χ0v) is 18.3. The van der Waals surface area contributed by atoms with Gasteiger partial charge in [-0.1, -0.05) is 18.2 Å². The van der Waals surface area contributed by atoms with Crippen molar-refractivity contribution < 1.29 is 27.8 Å². The van der Waals surface area contributed by atoms with E-state index in [1.165, 1.54) is 62.6 Å². The van der Waals surface area contributed by atoms with E-state index < -0.39 is 29.5 Å². The highest BCUT2D eigenvalue weighted by Gasteiger charge is 2.44. The van der Waals surface area contributed by atoms with E-state index >= 15 is 0 Å². The van der Waals surface area contributed by atoms with Crippen molar-refractivity contribution in [1.82, 2.24) is 4.90 Å². The Morgan fingerprint density at radius 3 is 2.21 bits per heavy atom. The molecule has 0 aliphatic carbocycles. The van der Waals surface area contributed by atoms with Crippen LogP contribution in [0.4, 0.5) is 14.5 Å². The van der Waals surface area contributed by atoms with Gasteiger partial charge < -0.3 is 19.7 Å². The molecule has 8 heteroatoms. The Balaban J connectivity index is 1.89. The maximum absolute atomic E-state index is 14.9. The Hall–Kier alpha value is -3.94. The molecule has 1 heterocycles. The van der Waals surface area contributed by atoms with E-state index in [1.54, 1.807) is 24.3 Å². The highest BCUT2D eigenvalue weighted by Crippen LogP contribution is 2.46. The smallest absolute Gasteiger partial charge is 0.254 e. The first-order valence-electron chi connectivity index (χ1n) is 10.2. The summed E-state index contributed by atoms with van der Waals surface area (Å²) in [6.07, 6.45) is 0. The van der Waals surface area contributed by atoms with E-state index in [0.717, 1.165) is 0 Å². The van der Waals surface area contributed by atoms with Crippen LogP contribution in [0, 0.1) is 11.6 Å². The molecule has 2 amide bonds. The lowest BCUT2D eigenvalue weighted by Crippen LogP contribution is -2.44. The van der Waals surface area contributed by atoms with Crippen molar-refractivity contribution in [3.8, 4) is 11.5 Å². The molecule has 6 nitrogen and oxygen atoms in total. The van der Waals surface area contributed by atoms with Crippen molar-refractivity contribution >= 4 is 17.5 Å². The first-order chi connectivity index (χ1) is 15.8. The lowest BCUT2D eigenvalue weighted by molar-refractivity contribution is -0.119. The van der Waals surface area contributed by atoms with Crippen LogP contribution in [-0.2, 0) is 4.79 Å². The minimum absolute atomic E-state index is 0.202. The number of methoxy groups -OCH3 is 2. The summed E-state index contributed by atoms with van der Waals surface area (Å²) in [6.45, 7) is 0. The Kier molecular flexibility index (Phi) is 6.00. The monoisotopic (exact) mass is 452 g/mol. The maximum atomic E-state index is 14.9. The fraction of sp³-hybridized carbons (Fsp3) is 0.200. The molecule has 0 radical (unpaired) electrons. The number of anilines is 1. The summed E-state index contributed by atoms with van der Waals surface area (Å²) >= 11 is 0. The number of benzene rings is 3. The van der Waals surface area contributed by atoms with E-state index in [-0.39, 0.29) is 17.0 Å². The lowest BCUT2D eigenvalue weighted by atomic mass is 9.79. The van der Waals surface area contributed by atoms with Crippen LogP contribution in [0.25, 0.3) is 0 Å². The molecule has 0 fully saturated rings. The molecular weight excluding hydrogens is 430 g/mol. The molecule has 0 unspecified atom stereocenters. The molecule has 3 aromatic rings. The number of nitrogens with zero attached hydrogens (tertiary/aromatic N) is 1. The van der Waals surface area contributed by atoms with Crippen molar-refractivity contribution in [2.75, 3.05) is 26.6 Å². The minimum atomic E-state index is -0.982. The van der Waals surface area contributed by atoms with E-state index in [0.29, 0.717) is 22.7 Å². The molecule has 33 heavy (non-hydrogen) atoms. The van der Waals surface area contributed by atoms with Gasteiger partial charge >= 0.3 is 0 Å². The molecule has 0 spiro atoms. The Bertz CT molecular complexity index is 1210. The number of nitrogens with one attached hydrogen (secondary N) is 1. The van der Waals surface area contributed by atoms with Crippen LogP contribution in [0.1, 0.15) is 33.4 Å². The second-order valence-electron chi connectivity index (χ2n) is 7.65. The van der Waals surface area contributed by atoms with Crippen molar-refractivity contribution in [3.05, 3.63) is 89.0 Å². The number of likely N-dealkylation sites (N-methyl/N-ethyl adjacent to an activating group) is 1. The van der Waals surface area contributed by atoms with Gasteiger partial charge in [-0.15, -0.1) is 0 Å². The molecule has 170 valence electrons. The fourth-order valence-electron chi connectivity index (χ4n) is 4.19. The molecule has 0 saturated carbocycles. The van der Waals surface area contributed by atoms with Crippen LogP contribution in [0.15, 0.2) is 60.7 Å². The highest BCUT2D eigenvalue weighted by atomic mass is 19.1. The largest absolute Gasteiger partial charge is 0.493 e. The number of amides is 2. The third-order valence-corrected chi connectivity index (χ3v) is 5.79. The summed E-state index contributed by atoms with van der Waals surface area (Å²) in [5, 5.41) is 2.76. The first kappa shape index (κ1) is 22.3. The summed E-state index contributed by atoms with van der Waals surface area (Å²) in [5.74, 6) is -2.16. The van der Waals surface area contributed by atoms with Gasteiger partial charge in [-0.25, -0.2) is 8.78 Å². The Morgan fingerprint density at radius 2 is 1.58 bits per heavy atom.